The predicted molar refractivity (Wildman–Crippen MR) is 151 cm³/mol. The lowest BCUT2D eigenvalue weighted by Gasteiger charge is -2.24. The molecular formula is C30H32F2N6O4. The Balaban J connectivity index is 1.43. The Hall–Kier alpha value is -4.74. The summed E-state index contributed by atoms with van der Waals surface area (Å²) < 4.78 is 42.5. The van der Waals surface area contributed by atoms with E-state index in [9.17, 15) is 18.4 Å². The summed E-state index contributed by atoms with van der Waals surface area (Å²) in [5.41, 5.74) is 2.43. The van der Waals surface area contributed by atoms with Gasteiger partial charge in [-0.3, -0.25) is 10.00 Å². The third-order valence-electron chi connectivity index (χ3n) is 6.87. The Morgan fingerprint density at radius 2 is 1.79 bits per heavy atom. The second kappa shape index (κ2) is 11.3. The number of likely N-dealkylation sites (tertiary alicyclic amines) is 1. The molecule has 2 amide bonds. The summed E-state index contributed by atoms with van der Waals surface area (Å²) >= 11 is 0. The largest absolute Gasteiger partial charge is 0.444 e. The van der Waals surface area contributed by atoms with Gasteiger partial charge in [0.1, 0.15) is 23.2 Å². The Morgan fingerprint density at radius 3 is 2.43 bits per heavy atom. The van der Waals surface area contributed by atoms with Crippen molar-refractivity contribution in [2.45, 2.75) is 45.3 Å². The minimum absolute atomic E-state index is 0.00383. The minimum Gasteiger partial charge on any atom is -0.444 e. The summed E-state index contributed by atoms with van der Waals surface area (Å²) in [6, 6.07) is 12.8. The number of amides is 2. The van der Waals surface area contributed by atoms with E-state index in [-0.39, 0.29) is 13.1 Å². The van der Waals surface area contributed by atoms with Crippen molar-refractivity contribution in [2.24, 2.45) is 7.05 Å². The molecule has 1 aliphatic rings. The molecule has 1 aliphatic heterocycles. The molecule has 0 radical (unpaired) electrons. The van der Waals surface area contributed by atoms with Crippen molar-refractivity contribution in [3.63, 3.8) is 0 Å². The average Bonchev–Trinajstić information content (AvgIpc) is 3.63. The van der Waals surface area contributed by atoms with Crippen molar-refractivity contribution in [3.05, 3.63) is 83.7 Å². The van der Waals surface area contributed by atoms with Crippen LogP contribution in [0.15, 0.2) is 60.9 Å². The number of anilines is 1. The van der Waals surface area contributed by atoms with E-state index in [1.54, 1.807) is 43.4 Å². The number of hydrogen-bond acceptors (Lipinski definition) is 6. The Kier molecular flexibility index (Phi) is 7.72. The SMILES string of the molecule is Cc1c(-c2cnn(C)c2)nn(-c2ccccc2)c1NC(=O)O[C@@H]1CN(C(=O)OC(C)(C)C)C[C@H]1c1ccc(F)c(F)c1. The first kappa shape index (κ1) is 28.8. The number of halogens is 2. The predicted octanol–water partition coefficient (Wildman–Crippen LogP) is 5.81. The fraction of sp³-hybridized carbons (Fsp3) is 0.333. The molecule has 12 heteroatoms. The lowest BCUT2D eigenvalue weighted by molar-refractivity contribution is 0.0263. The lowest BCUT2D eigenvalue weighted by atomic mass is 9.96. The van der Waals surface area contributed by atoms with Crippen molar-refractivity contribution in [2.75, 3.05) is 18.4 Å². The monoisotopic (exact) mass is 578 g/mol. The molecule has 0 aliphatic carbocycles. The number of nitrogens with zero attached hydrogens (tertiary/aromatic N) is 5. The first-order valence-electron chi connectivity index (χ1n) is 13.4. The van der Waals surface area contributed by atoms with Crippen LogP contribution >= 0.6 is 0 Å². The summed E-state index contributed by atoms with van der Waals surface area (Å²) in [6.45, 7) is 7.15. The fourth-order valence-corrected chi connectivity index (χ4v) is 4.91. The zero-order valence-electron chi connectivity index (χ0n) is 24.0. The Labute approximate surface area is 241 Å². The van der Waals surface area contributed by atoms with E-state index < -0.39 is 41.4 Å². The van der Waals surface area contributed by atoms with Gasteiger partial charge < -0.3 is 14.4 Å². The topological polar surface area (TPSA) is 104 Å². The normalized spacial score (nSPS) is 16.9. The van der Waals surface area contributed by atoms with Crippen LogP contribution in [0.5, 0.6) is 0 Å². The highest BCUT2D eigenvalue weighted by Gasteiger charge is 2.41. The summed E-state index contributed by atoms with van der Waals surface area (Å²) in [5, 5.41) is 11.8. The van der Waals surface area contributed by atoms with E-state index in [0.29, 0.717) is 28.3 Å². The van der Waals surface area contributed by atoms with E-state index in [1.165, 1.54) is 11.0 Å². The lowest BCUT2D eigenvalue weighted by Crippen LogP contribution is -2.36. The van der Waals surface area contributed by atoms with Gasteiger partial charge in [0, 0.05) is 36.8 Å². The maximum atomic E-state index is 14.2. The number of aryl methyl sites for hydroxylation is 1. The van der Waals surface area contributed by atoms with Crippen LogP contribution in [0, 0.1) is 18.6 Å². The number of aromatic nitrogens is 4. The molecule has 0 saturated carbocycles. The number of benzene rings is 2. The molecule has 1 N–H and O–H groups in total. The van der Waals surface area contributed by atoms with E-state index >= 15 is 0 Å². The zero-order chi connectivity index (χ0) is 30.2. The second-order valence-electron chi connectivity index (χ2n) is 11.2. The minimum atomic E-state index is -1.03. The molecular weight excluding hydrogens is 546 g/mol. The van der Waals surface area contributed by atoms with E-state index in [2.05, 4.69) is 10.4 Å². The number of para-hydroxylation sites is 1. The summed E-state index contributed by atoms with van der Waals surface area (Å²) in [5.74, 6) is -2.26. The standard InChI is InChI=1S/C30H32F2N6O4/c1-18-26(20-14-33-36(5)15-20)35-38(21-9-7-6-8-10-21)27(18)34-28(39)41-25-17-37(29(40)42-30(2,3)4)16-22(25)19-11-12-23(31)24(32)13-19/h6-15,22,25H,16-17H2,1-5H3,(H,34,39)/t22-,25+/m0/s1. The highest BCUT2D eigenvalue weighted by atomic mass is 19.2. The average molecular weight is 579 g/mol. The molecule has 5 rings (SSSR count). The van der Waals surface area contributed by atoms with Crippen LogP contribution in [-0.2, 0) is 16.5 Å². The molecule has 2 atom stereocenters. The van der Waals surface area contributed by atoms with E-state index in [0.717, 1.165) is 17.7 Å². The molecule has 0 unspecified atom stereocenters. The van der Waals surface area contributed by atoms with Gasteiger partial charge >= 0.3 is 12.2 Å². The van der Waals surface area contributed by atoms with Gasteiger partial charge in [-0.1, -0.05) is 24.3 Å². The molecule has 3 heterocycles. The molecule has 0 spiro atoms. The summed E-state index contributed by atoms with van der Waals surface area (Å²) in [7, 11) is 1.80. The zero-order valence-corrected chi connectivity index (χ0v) is 24.0. The van der Waals surface area contributed by atoms with Crippen molar-refractivity contribution >= 4 is 18.0 Å². The van der Waals surface area contributed by atoms with Crippen molar-refractivity contribution in [3.8, 4) is 16.9 Å². The maximum absolute atomic E-state index is 14.2. The quantitative estimate of drug-likeness (QED) is 0.321. The molecule has 1 fully saturated rings. The highest BCUT2D eigenvalue weighted by molar-refractivity contribution is 5.87. The molecule has 42 heavy (non-hydrogen) atoms. The third-order valence-corrected chi connectivity index (χ3v) is 6.87. The molecule has 2 aromatic carbocycles. The second-order valence-corrected chi connectivity index (χ2v) is 11.2. The number of nitrogens with one attached hydrogen (secondary N) is 1. The molecule has 0 bridgehead atoms. The van der Waals surface area contributed by atoms with Gasteiger partial charge in [0.2, 0.25) is 0 Å². The van der Waals surface area contributed by atoms with E-state index in [1.807, 2.05) is 43.5 Å². The Bertz CT molecular complexity index is 1610. The van der Waals surface area contributed by atoms with Crippen LogP contribution in [0.4, 0.5) is 24.2 Å². The molecule has 1 saturated heterocycles. The number of carbonyl (C=O) groups is 2. The number of hydrogen-bond donors (Lipinski definition) is 1. The summed E-state index contributed by atoms with van der Waals surface area (Å²) in [6.07, 6.45) is 1.25. The van der Waals surface area contributed by atoms with E-state index in [4.69, 9.17) is 14.6 Å². The van der Waals surface area contributed by atoms with Crippen LogP contribution in [0.2, 0.25) is 0 Å². The first-order chi connectivity index (χ1) is 19.9. The molecule has 4 aromatic rings. The smallest absolute Gasteiger partial charge is 0.413 e. The fourth-order valence-electron chi connectivity index (χ4n) is 4.91. The van der Waals surface area contributed by atoms with Gasteiger partial charge in [-0.05, 0) is 57.5 Å². The van der Waals surface area contributed by atoms with Gasteiger partial charge in [-0.15, -0.1) is 0 Å². The van der Waals surface area contributed by atoms with Gasteiger partial charge in [0.15, 0.2) is 11.6 Å². The molecule has 220 valence electrons. The molecule has 2 aromatic heterocycles. The number of carbonyl (C=O) groups excluding carboxylic acids is 2. The Morgan fingerprint density at radius 1 is 1.05 bits per heavy atom. The van der Waals surface area contributed by atoms with Crippen molar-refractivity contribution in [1.82, 2.24) is 24.5 Å². The number of ether oxygens (including phenoxy) is 2. The number of rotatable bonds is 5. The van der Waals surface area contributed by atoms with Gasteiger partial charge in [0.05, 0.1) is 18.4 Å². The van der Waals surface area contributed by atoms with Crippen molar-refractivity contribution in [1.29, 1.82) is 0 Å². The van der Waals surface area contributed by atoms with Crippen LogP contribution < -0.4 is 5.32 Å². The van der Waals surface area contributed by atoms with Crippen molar-refractivity contribution < 1.29 is 27.8 Å². The molecule has 10 nitrogen and oxygen atoms in total. The first-order valence-corrected chi connectivity index (χ1v) is 13.4. The highest BCUT2D eigenvalue weighted by Crippen LogP contribution is 2.34. The van der Waals surface area contributed by atoms with Crippen LogP contribution in [0.25, 0.3) is 16.9 Å². The van der Waals surface area contributed by atoms with Gasteiger partial charge in [-0.25, -0.2) is 23.1 Å². The van der Waals surface area contributed by atoms with Crippen LogP contribution in [0.1, 0.15) is 37.8 Å². The van der Waals surface area contributed by atoms with Gasteiger partial charge in [0.25, 0.3) is 0 Å². The summed E-state index contributed by atoms with van der Waals surface area (Å²) in [4.78, 5) is 27.7. The third kappa shape index (κ3) is 6.12. The maximum Gasteiger partial charge on any atom is 0.413 e. The van der Waals surface area contributed by atoms with Crippen LogP contribution in [0.3, 0.4) is 0 Å². The van der Waals surface area contributed by atoms with Gasteiger partial charge in [-0.2, -0.15) is 10.2 Å². The van der Waals surface area contributed by atoms with Crippen LogP contribution in [-0.4, -0.2) is 61.4 Å².